The van der Waals surface area contributed by atoms with Gasteiger partial charge in [-0.3, -0.25) is 0 Å². The highest BCUT2D eigenvalue weighted by Gasteiger charge is 2.00. The zero-order valence-corrected chi connectivity index (χ0v) is 8.07. The van der Waals surface area contributed by atoms with E-state index in [9.17, 15) is 0 Å². The van der Waals surface area contributed by atoms with Crippen molar-refractivity contribution in [2.45, 2.75) is 40.2 Å². The zero-order chi connectivity index (χ0) is 8.85. The van der Waals surface area contributed by atoms with Gasteiger partial charge in [-0.2, -0.15) is 0 Å². The van der Waals surface area contributed by atoms with Gasteiger partial charge >= 0.3 is 0 Å². The first-order valence-corrected chi connectivity index (χ1v) is 4.21. The molecule has 0 radical (unpaired) electrons. The van der Waals surface area contributed by atoms with Crippen LogP contribution in [0.5, 0.6) is 0 Å². The van der Waals surface area contributed by atoms with Gasteiger partial charge in [0.1, 0.15) is 0 Å². The molecule has 0 aromatic carbocycles. The van der Waals surface area contributed by atoms with E-state index in [4.69, 9.17) is 0 Å². The Morgan fingerprint density at radius 1 is 1.36 bits per heavy atom. The van der Waals surface area contributed by atoms with E-state index in [2.05, 4.69) is 45.3 Å². The molecule has 1 nitrogen and oxygen atoms in total. The Morgan fingerprint density at radius 2 is 1.91 bits per heavy atom. The maximum absolute atomic E-state index is 3.64. The van der Waals surface area contributed by atoms with Crippen LogP contribution in [0, 0.1) is 5.92 Å². The van der Waals surface area contributed by atoms with Gasteiger partial charge in [-0.25, -0.2) is 0 Å². The van der Waals surface area contributed by atoms with Gasteiger partial charge in [-0.05, 0) is 26.2 Å². The molecule has 1 N–H and O–H groups in total. The van der Waals surface area contributed by atoms with E-state index in [0.29, 0.717) is 12.0 Å². The van der Waals surface area contributed by atoms with Crippen molar-refractivity contribution in [3.05, 3.63) is 18.0 Å². The molecule has 0 saturated heterocycles. The van der Waals surface area contributed by atoms with Crippen molar-refractivity contribution in [3.63, 3.8) is 0 Å². The smallest absolute Gasteiger partial charge is 0.0536 e. The molecule has 1 heteroatoms. The lowest BCUT2D eigenvalue weighted by molar-refractivity contribution is 0.570. The van der Waals surface area contributed by atoms with Crippen LogP contribution in [0.25, 0.3) is 0 Å². The molecule has 0 aromatic heterocycles. The molecule has 0 atom stereocenters. The summed E-state index contributed by atoms with van der Waals surface area (Å²) >= 11 is 0. The predicted octanol–water partition coefficient (Wildman–Crippen LogP) is 2.70. The van der Waals surface area contributed by atoms with Gasteiger partial charge in [-0.15, -0.1) is 5.73 Å². The van der Waals surface area contributed by atoms with Crippen molar-refractivity contribution in [2.24, 2.45) is 5.92 Å². The summed E-state index contributed by atoms with van der Waals surface area (Å²) in [5.41, 5.74) is 4.05. The van der Waals surface area contributed by atoms with Crippen molar-refractivity contribution in [3.8, 4) is 0 Å². The normalized spacial score (nSPS) is 10.0. The average molecular weight is 153 g/mol. The van der Waals surface area contributed by atoms with Crippen LogP contribution in [0.1, 0.15) is 34.1 Å². The Morgan fingerprint density at radius 3 is 2.18 bits per heavy atom. The molecule has 0 bridgehead atoms. The molecule has 0 saturated carbocycles. The van der Waals surface area contributed by atoms with Gasteiger partial charge in [0.25, 0.3) is 0 Å². The molecule has 0 aromatic rings. The lowest BCUT2D eigenvalue weighted by Crippen LogP contribution is -2.22. The van der Waals surface area contributed by atoms with Crippen molar-refractivity contribution in [2.75, 3.05) is 0 Å². The van der Waals surface area contributed by atoms with E-state index >= 15 is 0 Å². The fraction of sp³-hybridized carbons (Fsp3) is 0.700. The first-order chi connectivity index (χ1) is 5.06. The summed E-state index contributed by atoms with van der Waals surface area (Å²) in [4.78, 5) is 0. The molecule has 0 aliphatic carbocycles. The highest BCUT2D eigenvalue weighted by Crippen LogP contribution is 2.06. The van der Waals surface area contributed by atoms with E-state index in [0.717, 1.165) is 12.1 Å². The third kappa shape index (κ3) is 5.75. The number of hydrogen-bond donors (Lipinski definition) is 1. The molecule has 0 rings (SSSR count). The number of nitrogens with one attached hydrogen (secondary N) is 1. The topological polar surface area (TPSA) is 12.0 Å². The Balaban J connectivity index is 3.89. The van der Waals surface area contributed by atoms with Crippen molar-refractivity contribution in [1.29, 1.82) is 0 Å². The van der Waals surface area contributed by atoms with Gasteiger partial charge in [0.15, 0.2) is 0 Å². The summed E-state index contributed by atoms with van der Waals surface area (Å²) in [7, 11) is 0. The maximum atomic E-state index is 3.64. The first kappa shape index (κ1) is 10.3. The quantitative estimate of drug-likeness (QED) is 0.612. The molecule has 11 heavy (non-hydrogen) atoms. The Kier molecular flexibility index (Phi) is 4.72. The fourth-order valence-electron chi connectivity index (χ4n) is 0.939. The van der Waals surface area contributed by atoms with Crippen molar-refractivity contribution in [1.82, 2.24) is 5.32 Å². The Hall–Kier alpha value is -0.680. The molecule has 0 amide bonds. The average Bonchev–Trinajstić information content (AvgIpc) is 1.84. The highest BCUT2D eigenvalue weighted by molar-refractivity contribution is 4.97. The minimum atomic E-state index is 0.484. The summed E-state index contributed by atoms with van der Waals surface area (Å²) in [6.45, 7) is 12.3. The van der Waals surface area contributed by atoms with E-state index in [-0.39, 0.29) is 0 Å². The molecule has 0 aliphatic rings. The largest absolute Gasteiger partial charge is 0.380 e. The second-order valence-electron chi connectivity index (χ2n) is 3.55. The molecule has 0 heterocycles. The van der Waals surface area contributed by atoms with E-state index in [1.54, 1.807) is 0 Å². The third-order valence-electron chi connectivity index (χ3n) is 1.29. The van der Waals surface area contributed by atoms with Gasteiger partial charge < -0.3 is 5.32 Å². The van der Waals surface area contributed by atoms with E-state index < -0.39 is 0 Å². The van der Waals surface area contributed by atoms with Crippen LogP contribution in [0.2, 0.25) is 0 Å². The number of rotatable bonds is 4. The molecule has 0 spiro atoms. The Bertz CT molecular complexity index is 138. The van der Waals surface area contributed by atoms with Gasteiger partial charge in [0, 0.05) is 6.04 Å². The SMILES string of the molecule is C=C=C(CC(C)C)NC(C)C. The molecule has 0 aliphatic heterocycles. The minimum Gasteiger partial charge on any atom is -0.380 e. The number of allylic oxidation sites excluding steroid dienone is 1. The molecular weight excluding hydrogens is 134 g/mol. The molecule has 64 valence electrons. The molecule has 0 unspecified atom stereocenters. The summed E-state index contributed by atoms with van der Waals surface area (Å²) in [5, 5.41) is 3.30. The van der Waals surface area contributed by atoms with Crippen molar-refractivity contribution >= 4 is 0 Å². The molecular formula is C10H19N. The second-order valence-corrected chi connectivity index (χ2v) is 3.55. The first-order valence-electron chi connectivity index (χ1n) is 4.21. The monoisotopic (exact) mass is 153 g/mol. The molecule has 0 fully saturated rings. The van der Waals surface area contributed by atoms with Crippen molar-refractivity contribution < 1.29 is 0 Å². The summed E-state index contributed by atoms with van der Waals surface area (Å²) < 4.78 is 0. The predicted molar refractivity (Wildman–Crippen MR) is 50.4 cm³/mol. The third-order valence-corrected chi connectivity index (χ3v) is 1.29. The lowest BCUT2D eigenvalue weighted by Gasteiger charge is -2.13. The van der Waals surface area contributed by atoms with Crippen LogP contribution >= 0.6 is 0 Å². The summed E-state index contributed by atoms with van der Waals surface area (Å²) in [6, 6.07) is 0.484. The standard InChI is InChI=1S/C10H19N/c1-6-10(7-8(2)3)11-9(4)5/h8-9,11H,1,7H2,2-5H3. The summed E-state index contributed by atoms with van der Waals surface area (Å²) in [5.74, 6) is 0.672. The van der Waals surface area contributed by atoms with Gasteiger partial charge in [0.05, 0.1) is 5.70 Å². The number of hydrogen-bond acceptors (Lipinski definition) is 1. The van der Waals surface area contributed by atoms with Gasteiger partial charge in [-0.1, -0.05) is 20.4 Å². The van der Waals surface area contributed by atoms with E-state index in [1.807, 2.05) is 0 Å². The summed E-state index contributed by atoms with van der Waals surface area (Å²) in [6.07, 6.45) is 1.04. The van der Waals surface area contributed by atoms with Gasteiger partial charge in [0.2, 0.25) is 0 Å². The maximum Gasteiger partial charge on any atom is 0.0536 e. The van der Waals surface area contributed by atoms with Crippen LogP contribution < -0.4 is 5.32 Å². The van der Waals surface area contributed by atoms with Crippen LogP contribution in [0.15, 0.2) is 18.0 Å². The van der Waals surface area contributed by atoms with Crippen LogP contribution in [0.3, 0.4) is 0 Å². The van der Waals surface area contributed by atoms with Crippen LogP contribution in [-0.2, 0) is 0 Å². The Labute approximate surface area is 70.2 Å². The highest BCUT2D eigenvalue weighted by atomic mass is 14.9. The van der Waals surface area contributed by atoms with Crippen LogP contribution in [-0.4, -0.2) is 6.04 Å². The minimum absolute atomic E-state index is 0.484. The lowest BCUT2D eigenvalue weighted by atomic mass is 10.1. The second kappa shape index (κ2) is 5.03. The fourth-order valence-corrected chi connectivity index (χ4v) is 0.939. The van der Waals surface area contributed by atoms with E-state index in [1.165, 1.54) is 0 Å². The zero-order valence-electron chi connectivity index (χ0n) is 8.07. The van der Waals surface area contributed by atoms with Crippen LogP contribution in [0.4, 0.5) is 0 Å².